The summed E-state index contributed by atoms with van der Waals surface area (Å²) < 4.78 is 36.0. The normalized spacial score (nSPS) is 20.4. The van der Waals surface area contributed by atoms with Crippen LogP contribution in [0, 0.1) is 0 Å². The number of amides is 9. The van der Waals surface area contributed by atoms with E-state index in [9.17, 15) is 71.4 Å². The van der Waals surface area contributed by atoms with Crippen LogP contribution in [0.3, 0.4) is 0 Å². The number of benzene rings is 2. The van der Waals surface area contributed by atoms with E-state index in [0.29, 0.717) is 16.5 Å². The molecular weight excluding hydrogens is 1070 g/mol. The molecule has 8 atom stereocenters. The Hall–Kier alpha value is -7.48. The van der Waals surface area contributed by atoms with Gasteiger partial charge in [-0.1, -0.05) is 30.3 Å². The number of nitrogens with one attached hydrogen (secondary N) is 10. The smallest absolute Gasteiger partial charge is 0.446 e. The lowest BCUT2D eigenvalue weighted by atomic mass is 10.0. The highest BCUT2D eigenvalue weighted by Gasteiger charge is 2.36. The van der Waals surface area contributed by atoms with E-state index in [4.69, 9.17) is 10.3 Å². The Balaban J connectivity index is 1.74. The zero-order chi connectivity index (χ0) is 57.0. The fraction of sp³-hybridized carbons (Fsp3) is 0.457. The van der Waals surface area contributed by atoms with Gasteiger partial charge in [0.05, 0.1) is 25.4 Å². The van der Waals surface area contributed by atoms with Crippen LogP contribution in [0.4, 0.5) is 0 Å². The fourth-order valence-electron chi connectivity index (χ4n) is 7.48. The number of para-hydroxylation sites is 1. The summed E-state index contributed by atoms with van der Waals surface area (Å²) >= 11 is 2.55. The first-order valence-corrected chi connectivity index (χ1v) is 27.7. The highest BCUT2D eigenvalue weighted by molar-refractivity contribution is 7.98. The molecule has 4 rings (SSSR count). The Bertz CT molecular complexity index is 2760. The van der Waals surface area contributed by atoms with E-state index in [0.717, 1.165) is 12.1 Å². The number of carbonyl (C=O) groups excluding carboxylic acids is 9. The Morgan fingerprint density at radius 2 is 1.38 bits per heavy atom. The summed E-state index contributed by atoms with van der Waals surface area (Å²) in [4.78, 5) is 151. The van der Waals surface area contributed by atoms with Gasteiger partial charge in [-0.25, -0.2) is 0 Å². The summed E-state index contributed by atoms with van der Waals surface area (Å²) in [6.07, 6.45) is 2.42. The van der Waals surface area contributed by atoms with E-state index in [1.807, 2.05) is 0 Å². The highest BCUT2D eigenvalue weighted by atomic mass is 32.3. The molecule has 0 aliphatic carbocycles. The molecule has 0 radical (unpaired) electrons. The van der Waals surface area contributed by atoms with E-state index in [1.165, 1.54) is 42.6 Å². The van der Waals surface area contributed by atoms with Crippen LogP contribution in [0.2, 0.25) is 0 Å². The van der Waals surface area contributed by atoms with E-state index in [-0.39, 0.29) is 48.5 Å². The van der Waals surface area contributed by atoms with Crippen molar-refractivity contribution in [3.63, 3.8) is 0 Å². The van der Waals surface area contributed by atoms with Crippen LogP contribution in [0.15, 0.2) is 54.7 Å². The van der Waals surface area contributed by atoms with E-state index in [1.54, 1.807) is 43.0 Å². The molecule has 15 N–H and O–H groups in total. The number of aromatic amines is 1. The minimum atomic E-state index is -4.91. The molecule has 28 nitrogen and oxygen atoms in total. The molecule has 1 unspecified atom stereocenters. The van der Waals surface area contributed by atoms with Gasteiger partial charge in [-0.15, -0.1) is 0 Å². The third kappa shape index (κ3) is 20.5. The van der Waals surface area contributed by atoms with E-state index >= 15 is 0 Å². The molecule has 1 aliphatic rings. The average Bonchev–Trinajstić information content (AvgIpc) is 3.77. The molecule has 2 aromatic carbocycles. The van der Waals surface area contributed by atoms with Crippen molar-refractivity contribution in [3.8, 4) is 5.75 Å². The Morgan fingerprint density at radius 1 is 0.753 bits per heavy atom. The predicted molar refractivity (Wildman–Crippen MR) is 278 cm³/mol. The van der Waals surface area contributed by atoms with Gasteiger partial charge in [0.25, 0.3) is 0 Å². The summed E-state index contributed by atoms with van der Waals surface area (Å²) in [5, 5.41) is 41.5. The van der Waals surface area contributed by atoms with Crippen molar-refractivity contribution in [2.24, 2.45) is 5.73 Å². The average molecular weight is 1140 g/mol. The van der Waals surface area contributed by atoms with Crippen LogP contribution < -0.4 is 57.8 Å². The van der Waals surface area contributed by atoms with Gasteiger partial charge in [-0.3, -0.25) is 57.3 Å². The van der Waals surface area contributed by atoms with Crippen LogP contribution in [0.1, 0.15) is 43.7 Å². The molecule has 420 valence electrons. The number of thioether (sulfide) groups is 2. The zero-order valence-electron chi connectivity index (χ0n) is 41.7. The number of carboxylic acids is 2. The maximum atomic E-state index is 14.6. The van der Waals surface area contributed by atoms with Gasteiger partial charge in [-0.05, 0) is 73.1 Å². The SMILES string of the molecule is CSCC[C@H](NC(=O)[C@H](Cc1ccc(OS(=O)(=O)O)cc1)NC(=O)[C@@H](N)CC(=O)O)C(=O)NC1CNC(=O)CNC(=O)[C@H](C)NC(=O)[C@H](CC(=O)O)NC(=O)[C@H](CCSC)NC(=O)[C@H](Cc2c[nH]c3ccccc23)NC1=O. The maximum absolute atomic E-state index is 14.6. The third-order valence-corrected chi connectivity index (χ3v) is 13.2. The molecule has 3 aromatic rings. The quantitative estimate of drug-likeness (QED) is 0.0436. The molecule has 77 heavy (non-hydrogen) atoms. The van der Waals surface area contributed by atoms with Crippen molar-refractivity contribution in [2.45, 2.75) is 93.8 Å². The van der Waals surface area contributed by atoms with Gasteiger partial charge in [0.15, 0.2) is 0 Å². The second-order valence-electron chi connectivity index (χ2n) is 17.4. The van der Waals surface area contributed by atoms with Gasteiger partial charge >= 0.3 is 22.3 Å². The molecule has 0 saturated carbocycles. The molecule has 1 saturated heterocycles. The third-order valence-electron chi connectivity index (χ3n) is 11.5. The number of aliphatic carboxylic acids is 2. The van der Waals surface area contributed by atoms with Crippen molar-refractivity contribution in [1.29, 1.82) is 0 Å². The minimum absolute atomic E-state index is 0.0570. The lowest BCUT2D eigenvalue weighted by Crippen LogP contribution is -2.62. The zero-order valence-corrected chi connectivity index (χ0v) is 44.2. The van der Waals surface area contributed by atoms with Crippen LogP contribution >= 0.6 is 23.5 Å². The molecule has 31 heteroatoms. The summed E-state index contributed by atoms with van der Waals surface area (Å²) in [5.74, 6) is -11.8. The number of carbonyl (C=O) groups is 11. The van der Waals surface area contributed by atoms with Crippen molar-refractivity contribution < 1.29 is 80.1 Å². The number of carboxylic acid groups (broad SMARTS) is 2. The van der Waals surface area contributed by atoms with E-state index in [2.05, 4.69) is 57.0 Å². The molecule has 1 aromatic heterocycles. The van der Waals surface area contributed by atoms with Crippen molar-refractivity contribution in [1.82, 2.24) is 52.8 Å². The van der Waals surface area contributed by atoms with Crippen LogP contribution in [-0.2, 0) is 76.0 Å². The molecule has 1 fully saturated rings. The van der Waals surface area contributed by atoms with Gasteiger partial charge in [0, 0.05) is 36.5 Å². The monoisotopic (exact) mass is 1140 g/mol. The van der Waals surface area contributed by atoms with Gasteiger partial charge in [0.1, 0.15) is 48.0 Å². The lowest BCUT2D eigenvalue weighted by molar-refractivity contribution is -0.141. The second-order valence-corrected chi connectivity index (χ2v) is 20.4. The first-order chi connectivity index (χ1) is 36.4. The van der Waals surface area contributed by atoms with Crippen molar-refractivity contribution >= 4 is 110 Å². The number of fused-ring (bicyclic) bond motifs is 1. The largest absolute Gasteiger partial charge is 0.481 e. The molecule has 0 bridgehead atoms. The summed E-state index contributed by atoms with van der Waals surface area (Å²) in [5.41, 5.74) is 7.21. The summed E-state index contributed by atoms with van der Waals surface area (Å²) in [6.45, 7) is -0.251. The molecule has 1 aliphatic heterocycles. The summed E-state index contributed by atoms with van der Waals surface area (Å²) in [6, 6.07) is -0.860. The number of hydrogen-bond acceptors (Lipinski definition) is 17. The van der Waals surface area contributed by atoms with Gasteiger partial charge in [0.2, 0.25) is 53.2 Å². The minimum Gasteiger partial charge on any atom is -0.481 e. The van der Waals surface area contributed by atoms with E-state index < -0.39 is 150 Å². The molecule has 0 spiro atoms. The topological polar surface area (TPSA) is 442 Å². The number of nitrogens with two attached hydrogens (primary N) is 1. The lowest BCUT2D eigenvalue weighted by Gasteiger charge is -2.28. The first-order valence-electron chi connectivity index (χ1n) is 23.5. The fourth-order valence-corrected chi connectivity index (χ4v) is 8.78. The first kappa shape index (κ1) is 62.1. The predicted octanol–water partition coefficient (Wildman–Crippen LogP) is -3.42. The van der Waals surface area contributed by atoms with Gasteiger partial charge < -0.3 is 73.0 Å². The highest BCUT2D eigenvalue weighted by Crippen LogP contribution is 2.20. The number of aromatic nitrogens is 1. The van der Waals surface area contributed by atoms with Crippen molar-refractivity contribution in [2.75, 3.05) is 37.1 Å². The van der Waals surface area contributed by atoms with Crippen molar-refractivity contribution in [3.05, 3.63) is 65.9 Å². The second kappa shape index (κ2) is 29.7. The number of H-pyrrole nitrogens is 1. The summed E-state index contributed by atoms with van der Waals surface area (Å²) in [7, 11) is -4.91. The Labute approximate surface area is 449 Å². The molecular formula is C46H61N11O17S3. The van der Waals surface area contributed by atoms with Crippen LogP contribution in [0.25, 0.3) is 10.9 Å². The Morgan fingerprint density at radius 3 is 2.03 bits per heavy atom. The van der Waals surface area contributed by atoms with Crippen LogP contribution in [0.5, 0.6) is 5.75 Å². The number of hydrogen-bond donors (Lipinski definition) is 14. The van der Waals surface area contributed by atoms with Gasteiger partial charge in [-0.2, -0.15) is 31.9 Å². The standard InChI is InChI=1S/C46H61N11O17S3/c1-23-39(63)50-22-36(58)49-21-35(57-42(66)31(13-15-76-3)52-44(68)32(54-40(64)28(47)18-37(59)60)16-24-8-10-26(11-9-24)74-77(71,72)73)46(70)55-33(17-25-20-48-29-7-5-4-6-27(25)29)45(69)53-30(12-14-75-2)41(65)56-34(19-38(61)62)43(67)51-23/h4-11,20,23,28,30-35,48H,12-19,21-22,47H2,1-3H3,(H,49,58)(H,50,63)(H,51,67)(H,52,68)(H,53,69)(H,54,64)(H,55,70)(H,56,65)(H,57,66)(H,59,60)(H,61,62)(H,71,72,73)/t23-,28-,30-,31-,32-,33-,34-,35?/m0/s1. The Kier molecular flexibility index (Phi) is 24.0. The van der Waals surface area contributed by atoms with Crippen LogP contribution in [-0.4, -0.2) is 179 Å². The molecule has 9 amide bonds. The molecule has 2 heterocycles. The maximum Gasteiger partial charge on any atom is 0.446 e. The number of rotatable bonds is 22.